The van der Waals surface area contributed by atoms with Crippen LogP contribution in [0.2, 0.25) is 0 Å². The molecule has 1 aliphatic heterocycles. The first-order valence-corrected chi connectivity index (χ1v) is 9.66. The highest BCUT2D eigenvalue weighted by atomic mass is 32.2. The Labute approximate surface area is 152 Å². The van der Waals surface area contributed by atoms with Gasteiger partial charge in [-0.2, -0.15) is 11.8 Å². The molecule has 2 heterocycles. The van der Waals surface area contributed by atoms with Crippen LogP contribution in [0.4, 0.5) is 11.4 Å². The minimum Gasteiger partial charge on any atom is -0.478 e. The summed E-state index contributed by atoms with van der Waals surface area (Å²) in [6.07, 6.45) is 1.59. The van der Waals surface area contributed by atoms with Crippen molar-refractivity contribution in [3.8, 4) is 5.88 Å². The molecule has 0 unspecified atom stereocenters. The number of nitrogens with zero attached hydrogens (tertiary/aromatic N) is 2. The number of pyridine rings is 1. The number of carbonyl (C=O) groups is 1. The highest BCUT2D eigenvalue weighted by Gasteiger charge is 2.14. The molecular weight excluding hydrogens is 334 g/mol. The first kappa shape index (κ1) is 17.6. The summed E-state index contributed by atoms with van der Waals surface area (Å²) in [5.41, 5.74) is 3.76. The second-order valence-corrected chi connectivity index (χ2v) is 7.10. The normalized spacial score (nSPS) is 14.2. The molecule has 2 aromatic rings. The van der Waals surface area contributed by atoms with Crippen LogP contribution in [0.15, 0.2) is 36.5 Å². The van der Waals surface area contributed by atoms with Crippen LogP contribution in [0.25, 0.3) is 0 Å². The molecule has 1 aromatic heterocycles. The van der Waals surface area contributed by atoms with Crippen molar-refractivity contribution in [2.24, 2.45) is 0 Å². The number of benzene rings is 1. The molecule has 1 N–H and O–H groups in total. The number of nitrogens with one attached hydrogen (secondary N) is 1. The minimum absolute atomic E-state index is 0.162. The van der Waals surface area contributed by atoms with Crippen molar-refractivity contribution in [2.75, 3.05) is 41.4 Å². The summed E-state index contributed by atoms with van der Waals surface area (Å²) in [6, 6.07) is 9.43. The van der Waals surface area contributed by atoms with Gasteiger partial charge in [0.15, 0.2) is 0 Å². The molecule has 1 aliphatic rings. The Morgan fingerprint density at radius 1 is 1.28 bits per heavy atom. The first-order chi connectivity index (χ1) is 12.2. The Hall–Kier alpha value is -2.21. The van der Waals surface area contributed by atoms with Gasteiger partial charge in [0.1, 0.15) is 0 Å². The third kappa shape index (κ3) is 4.45. The van der Waals surface area contributed by atoms with Crippen LogP contribution in [0.1, 0.15) is 22.8 Å². The quantitative estimate of drug-likeness (QED) is 0.886. The summed E-state index contributed by atoms with van der Waals surface area (Å²) in [5.74, 6) is 2.64. The lowest BCUT2D eigenvalue weighted by Crippen LogP contribution is -2.32. The van der Waals surface area contributed by atoms with Gasteiger partial charge in [-0.15, -0.1) is 0 Å². The van der Waals surface area contributed by atoms with E-state index in [0.717, 1.165) is 18.8 Å². The highest BCUT2D eigenvalue weighted by Crippen LogP contribution is 2.26. The number of hydrogen-bond acceptors (Lipinski definition) is 5. The van der Waals surface area contributed by atoms with E-state index in [1.54, 1.807) is 18.3 Å². The Kier molecular flexibility index (Phi) is 5.81. The fourth-order valence-electron chi connectivity index (χ4n) is 2.87. The van der Waals surface area contributed by atoms with Crippen molar-refractivity contribution < 1.29 is 9.53 Å². The molecular formula is C19H23N3O2S. The number of ether oxygens (including phenoxy) is 1. The molecule has 0 radical (unpaired) electrons. The van der Waals surface area contributed by atoms with Gasteiger partial charge in [-0.3, -0.25) is 4.79 Å². The molecule has 132 valence electrons. The molecule has 1 aromatic carbocycles. The zero-order chi connectivity index (χ0) is 17.6. The third-order valence-corrected chi connectivity index (χ3v) is 5.04. The number of rotatable bonds is 5. The van der Waals surface area contributed by atoms with Crippen molar-refractivity contribution in [3.05, 3.63) is 47.7 Å². The first-order valence-electron chi connectivity index (χ1n) is 8.51. The van der Waals surface area contributed by atoms with E-state index >= 15 is 0 Å². The van der Waals surface area contributed by atoms with Crippen LogP contribution in [0.3, 0.4) is 0 Å². The average molecular weight is 357 g/mol. The summed E-state index contributed by atoms with van der Waals surface area (Å²) in [5, 5.41) is 2.95. The maximum Gasteiger partial charge on any atom is 0.255 e. The minimum atomic E-state index is -0.162. The van der Waals surface area contributed by atoms with Crippen molar-refractivity contribution in [1.82, 2.24) is 4.98 Å². The van der Waals surface area contributed by atoms with Gasteiger partial charge < -0.3 is 15.0 Å². The molecule has 0 saturated carbocycles. The average Bonchev–Trinajstić information content (AvgIpc) is 2.63. The van der Waals surface area contributed by atoms with Crippen LogP contribution < -0.4 is 15.0 Å². The van der Waals surface area contributed by atoms with E-state index in [9.17, 15) is 4.79 Å². The topological polar surface area (TPSA) is 54.5 Å². The van der Waals surface area contributed by atoms with E-state index < -0.39 is 0 Å². The highest BCUT2D eigenvalue weighted by molar-refractivity contribution is 7.99. The maximum atomic E-state index is 12.5. The number of aryl methyl sites for hydroxylation is 1. The lowest BCUT2D eigenvalue weighted by Gasteiger charge is -2.30. The van der Waals surface area contributed by atoms with Gasteiger partial charge in [-0.25, -0.2) is 4.98 Å². The van der Waals surface area contributed by atoms with Crippen molar-refractivity contribution >= 4 is 29.0 Å². The van der Waals surface area contributed by atoms with Crippen LogP contribution in [0.5, 0.6) is 5.88 Å². The molecule has 0 aliphatic carbocycles. The van der Waals surface area contributed by atoms with Crippen molar-refractivity contribution in [1.29, 1.82) is 0 Å². The van der Waals surface area contributed by atoms with Crippen LogP contribution in [0, 0.1) is 6.92 Å². The van der Waals surface area contributed by atoms with E-state index in [1.165, 1.54) is 22.8 Å². The Bertz CT molecular complexity index is 745. The summed E-state index contributed by atoms with van der Waals surface area (Å²) in [4.78, 5) is 19.0. The van der Waals surface area contributed by atoms with Crippen LogP contribution in [-0.4, -0.2) is 42.1 Å². The molecule has 5 nitrogen and oxygen atoms in total. The second-order valence-electron chi connectivity index (χ2n) is 5.87. The molecule has 6 heteroatoms. The molecule has 1 fully saturated rings. The molecule has 0 atom stereocenters. The Morgan fingerprint density at radius 3 is 2.80 bits per heavy atom. The number of anilines is 2. The molecule has 1 saturated heterocycles. The number of hydrogen-bond donors (Lipinski definition) is 1. The van der Waals surface area contributed by atoms with Gasteiger partial charge in [0.25, 0.3) is 5.91 Å². The standard InChI is InChI=1S/C19H23N3O2S/c1-3-24-18-13-15(6-7-20-18)19(23)21-16-4-5-17(14(2)12-16)22-8-10-25-11-9-22/h4-7,12-13H,3,8-11H2,1-2H3,(H,21,23). The summed E-state index contributed by atoms with van der Waals surface area (Å²) < 4.78 is 5.35. The Balaban J connectivity index is 1.71. The fraction of sp³-hybridized carbons (Fsp3) is 0.368. The largest absolute Gasteiger partial charge is 0.478 e. The van der Waals surface area contributed by atoms with Crippen LogP contribution >= 0.6 is 11.8 Å². The van der Waals surface area contributed by atoms with Crippen LogP contribution in [-0.2, 0) is 0 Å². The van der Waals surface area contributed by atoms with Gasteiger partial charge in [-0.1, -0.05) is 0 Å². The van der Waals surface area contributed by atoms with Gasteiger partial charge in [0, 0.05) is 53.8 Å². The van der Waals surface area contributed by atoms with E-state index in [-0.39, 0.29) is 5.91 Å². The summed E-state index contributed by atoms with van der Waals surface area (Å²) in [6.45, 7) is 6.66. The van der Waals surface area contributed by atoms with Gasteiger partial charge in [0.2, 0.25) is 5.88 Å². The predicted octanol–water partition coefficient (Wildman–Crippen LogP) is 3.59. The monoisotopic (exact) mass is 357 g/mol. The van der Waals surface area contributed by atoms with E-state index in [0.29, 0.717) is 18.1 Å². The Morgan fingerprint density at radius 2 is 2.08 bits per heavy atom. The number of amides is 1. The van der Waals surface area contributed by atoms with E-state index in [4.69, 9.17) is 4.74 Å². The molecule has 1 amide bonds. The lowest BCUT2D eigenvalue weighted by molar-refractivity contribution is 0.102. The predicted molar refractivity (Wildman–Crippen MR) is 104 cm³/mol. The van der Waals surface area contributed by atoms with E-state index in [2.05, 4.69) is 28.2 Å². The number of thioether (sulfide) groups is 1. The molecule has 0 bridgehead atoms. The second kappa shape index (κ2) is 8.25. The third-order valence-electron chi connectivity index (χ3n) is 4.10. The zero-order valence-electron chi connectivity index (χ0n) is 14.6. The molecule has 3 rings (SSSR count). The number of aromatic nitrogens is 1. The zero-order valence-corrected chi connectivity index (χ0v) is 15.4. The van der Waals surface area contributed by atoms with Gasteiger partial charge >= 0.3 is 0 Å². The smallest absolute Gasteiger partial charge is 0.255 e. The fourth-order valence-corrected chi connectivity index (χ4v) is 3.78. The number of carbonyl (C=O) groups excluding carboxylic acids is 1. The van der Waals surface area contributed by atoms with Gasteiger partial charge in [-0.05, 0) is 43.7 Å². The summed E-state index contributed by atoms with van der Waals surface area (Å²) >= 11 is 2.00. The SMILES string of the molecule is CCOc1cc(C(=O)Nc2ccc(N3CCSCC3)c(C)c2)ccn1. The molecule has 25 heavy (non-hydrogen) atoms. The van der Waals surface area contributed by atoms with Crippen molar-refractivity contribution in [3.63, 3.8) is 0 Å². The maximum absolute atomic E-state index is 12.5. The van der Waals surface area contributed by atoms with Crippen molar-refractivity contribution in [2.45, 2.75) is 13.8 Å². The van der Waals surface area contributed by atoms with E-state index in [1.807, 2.05) is 30.8 Å². The lowest BCUT2D eigenvalue weighted by atomic mass is 10.1. The summed E-state index contributed by atoms with van der Waals surface area (Å²) in [7, 11) is 0. The van der Waals surface area contributed by atoms with Gasteiger partial charge in [0.05, 0.1) is 6.61 Å². The molecule has 0 spiro atoms.